The minimum absolute atomic E-state index is 0.144. The van der Waals surface area contributed by atoms with Crippen LogP contribution in [0.4, 0.5) is 11.4 Å². The fourth-order valence-electron chi connectivity index (χ4n) is 4.18. The molecule has 0 saturated carbocycles. The van der Waals surface area contributed by atoms with Crippen molar-refractivity contribution in [3.05, 3.63) is 216 Å². The first kappa shape index (κ1) is 44.5. The molecule has 0 heterocycles. The number of nitriles is 2. The normalized spacial score (nSPS) is 9.41. The Balaban J connectivity index is 0.000000248. The Morgan fingerprint density at radius 3 is 1.07 bits per heavy atom. The predicted octanol–water partition coefficient (Wildman–Crippen LogP) is 11.2. The number of carbonyl (C=O) groups is 1. The smallest absolute Gasteiger partial charge is 0.269 e. The zero-order chi connectivity index (χ0) is 41.3. The van der Waals surface area contributed by atoms with Crippen LogP contribution in [-0.4, -0.2) is 23.2 Å². The molecule has 6 rings (SSSR count). The summed E-state index contributed by atoms with van der Waals surface area (Å²) in [6, 6.07) is 47.3. The van der Waals surface area contributed by atoms with Gasteiger partial charge in [-0.15, -0.1) is 0 Å². The Kier molecular flexibility index (Phi) is 19.5. The number of methoxy groups -OCH3 is 1. The highest BCUT2D eigenvalue weighted by molar-refractivity contribution is 5.76. The second-order valence-corrected chi connectivity index (χ2v) is 12.0. The summed E-state index contributed by atoms with van der Waals surface area (Å²) in [5.74, 6) is 0.777. The molecule has 0 aliphatic carbocycles. The molecule has 6 aromatic rings. The lowest BCUT2D eigenvalue weighted by Gasteiger charge is -1.96. The quantitative estimate of drug-likeness (QED) is 0.0704. The molecular weight excluding hydrogens is 705 g/mol. The summed E-state index contributed by atoms with van der Waals surface area (Å²) >= 11 is 0. The lowest BCUT2D eigenvalue weighted by Crippen LogP contribution is -1.86. The number of ether oxygens (including phenoxy) is 1. The number of rotatable bonds is 6. The summed E-state index contributed by atoms with van der Waals surface area (Å²) in [5.41, 5.74) is 9.16. The molecule has 282 valence electrons. The molecule has 0 radical (unpaired) electrons. The Morgan fingerprint density at radius 2 is 0.768 bits per heavy atom. The Bertz CT molecular complexity index is 2160. The third-order valence-electron chi connectivity index (χ3n) is 7.51. The fraction of sp³-hybridized carbons (Fsp3) is 0.109. The van der Waals surface area contributed by atoms with Crippen molar-refractivity contribution >= 4 is 29.8 Å². The van der Waals surface area contributed by atoms with E-state index in [2.05, 4.69) is 43.3 Å². The molecule has 0 aliphatic rings. The highest BCUT2D eigenvalue weighted by atomic mass is 16.6. The highest BCUT2D eigenvalue weighted by Crippen LogP contribution is 2.13. The number of hydrogen-bond acceptors (Lipinski definition) is 8. The van der Waals surface area contributed by atoms with Gasteiger partial charge in [-0.3, -0.25) is 25.0 Å². The number of aryl methyl sites for hydroxylation is 4. The average molecular weight is 747 g/mol. The van der Waals surface area contributed by atoms with Crippen LogP contribution in [0.3, 0.4) is 0 Å². The van der Waals surface area contributed by atoms with E-state index in [1.54, 1.807) is 55.6 Å². The van der Waals surface area contributed by atoms with Crippen molar-refractivity contribution in [3.63, 3.8) is 0 Å². The first-order valence-corrected chi connectivity index (χ1v) is 17.1. The molecule has 0 bridgehead atoms. The van der Waals surface area contributed by atoms with Crippen LogP contribution in [0.5, 0.6) is 5.75 Å². The van der Waals surface area contributed by atoms with Gasteiger partial charge in [0.05, 0.1) is 40.2 Å². The van der Waals surface area contributed by atoms with Crippen LogP contribution < -0.4 is 4.74 Å². The van der Waals surface area contributed by atoms with E-state index < -0.39 is 9.85 Å². The minimum Gasteiger partial charge on any atom is -0.497 e. The summed E-state index contributed by atoms with van der Waals surface area (Å²) in [7, 11) is 1.60. The van der Waals surface area contributed by atoms with Crippen molar-refractivity contribution in [1.82, 2.24) is 0 Å². The maximum Gasteiger partial charge on any atom is 0.269 e. The molecule has 0 fully saturated rings. The van der Waals surface area contributed by atoms with Crippen LogP contribution in [0.15, 0.2) is 146 Å². The Morgan fingerprint density at radius 1 is 0.482 bits per heavy atom. The molecule has 0 atom stereocenters. The topological polar surface area (TPSA) is 160 Å². The number of non-ortho nitro benzene ring substituents is 2. The minimum atomic E-state index is -0.403. The summed E-state index contributed by atoms with van der Waals surface area (Å²) in [6.07, 6.45) is 4.96. The first-order valence-electron chi connectivity index (χ1n) is 17.1. The molecule has 0 aromatic heterocycles. The largest absolute Gasteiger partial charge is 0.497 e. The van der Waals surface area contributed by atoms with Gasteiger partial charge in [0.1, 0.15) is 12.0 Å². The zero-order valence-corrected chi connectivity index (χ0v) is 31.8. The number of nitro benzene ring substituents is 2. The second-order valence-electron chi connectivity index (χ2n) is 12.0. The van der Waals surface area contributed by atoms with Gasteiger partial charge in [-0.25, -0.2) is 0 Å². The van der Waals surface area contributed by atoms with E-state index in [1.165, 1.54) is 41.0 Å². The van der Waals surface area contributed by atoms with Crippen LogP contribution in [0, 0.1) is 70.6 Å². The Hall–Kier alpha value is -7.69. The second kappa shape index (κ2) is 24.5. The van der Waals surface area contributed by atoms with Gasteiger partial charge in [0, 0.05) is 29.8 Å². The molecule has 0 unspecified atom stereocenters. The maximum absolute atomic E-state index is 10.5. The zero-order valence-electron chi connectivity index (χ0n) is 31.8. The monoisotopic (exact) mass is 746 g/mol. The number of nitro groups is 2. The first-order chi connectivity index (χ1) is 26.9. The summed E-state index contributed by atoms with van der Waals surface area (Å²) < 4.78 is 4.90. The molecule has 0 N–H and O–H groups in total. The van der Waals surface area contributed by atoms with Crippen LogP contribution in [0.2, 0.25) is 0 Å². The van der Waals surface area contributed by atoms with E-state index in [4.69, 9.17) is 15.3 Å². The van der Waals surface area contributed by atoms with E-state index >= 15 is 0 Å². The lowest BCUT2D eigenvalue weighted by molar-refractivity contribution is -0.385. The van der Waals surface area contributed by atoms with Gasteiger partial charge in [0.25, 0.3) is 11.4 Å². The number of nitrogens with zero attached hydrogens (tertiary/aromatic N) is 4. The molecule has 56 heavy (non-hydrogen) atoms. The molecule has 6 aromatic carbocycles. The maximum atomic E-state index is 10.5. The van der Waals surface area contributed by atoms with E-state index in [0.29, 0.717) is 11.1 Å². The van der Waals surface area contributed by atoms with E-state index in [9.17, 15) is 25.0 Å². The molecule has 0 saturated heterocycles. The molecular formula is C46H42N4O6. The molecule has 10 nitrogen and oxygen atoms in total. The molecule has 0 amide bonds. The molecule has 10 heteroatoms. The van der Waals surface area contributed by atoms with Gasteiger partial charge < -0.3 is 4.74 Å². The van der Waals surface area contributed by atoms with Gasteiger partial charge in [-0.1, -0.05) is 119 Å². The van der Waals surface area contributed by atoms with Crippen molar-refractivity contribution in [2.75, 3.05) is 7.11 Å². The number of aldehydes is 1. The Labute approximate surface area is 327 Å². The lowest BCUT2D eigenvalue weighted by atomic mass is 10.1. The van der Waals surface area contributed by atoms with Crippen LogP contribution >= 0.6 is 0 Å². The van der Waals surface area contributed by atoms with Crippen molar-refractivity contribution < 1.29 is 19.4 Å². The van der Waals surface area contributed by atoms with Gasteiger partial charge >= 0.3 is 0 Å². The SMILES string of the molecule is COc1ccc(C#N)cc1.Cc1ccc(/C=C/c2ccc(C=O)cc2)cc1.Cc1ccc(C#N)cc1.Cc1ccc([N+](=O)[O-])cc1.Cc1ccc([N+](=O)[O-])cc1. The highest BCUT2D eigenvalue weighted by Gasteiger charge is 2.01. The van der Waals surface area contributed by atoms with E-state index in [1.807, 2.05) is 81.4 Å². The molecule has 0 aliphatic heterocycles. The van der Waals surface area contributed by atoms with Gasteiger partial charge in [0.2, 0.25) is 0 Å². The van der Waals surface area contributed by atoms with Gasteiger partial charge in [-0.2, -0.15) is 10.5 Å². The number of benzene rings is 6. The summed E-state index contributed by atoms with van der Waals surface area (Å²) in [6.45, 7) is 7.86. The number of carbonyl (C=O) groups excluding carboxylic acids is 1. The van der Waals surface area contributed by atoms with E-state index in [-0.39, 0.29) is 11.4 Å². The average Bonchev–Trinajstić information content (AvgIpc) is 3.22. The van der Waals surface area contributed by atoms with Crippen molar-refractivity contribution in [1.29, 1.82) is 10.5 Å². The number of hydrogen-bond donors (Lipinski definition) is 0. The van der Waals surface area contributed by atoms with Crippen LogP contribution in [0.25, 0.3) is 12.2 Å². The van der Waals surface area contributed by atoms with Crippen molar-refractivity contribution in [3.8, 4) is 17.9 Å². The van der Waals surface area contributed by atoms with Crippen LogP contribution in [-0.2, 0) is 0 Å². The summed E-state index contributed by atoms with van der Waals surface area (Å²) in [5, 5.41) is 37.0. The van der Waals surface area contributed by atoms with Crippen LogP contribution in [0.1, 0.15) is 54.9 Å². The van der Waals surface area contributed by atoms with Gasteiger partial charge in [-0.05, 0) is 75.2 Å². The molecule has 0 spiro atoms. The third kappa shape index (κ3) is 17.7. The van der Waals surface area contributed by atoms with E-state index in [0.717, 1.165) is 34.3 Å². The summed E-state index contributed by atoms with van der Waals surface area (Å²) in [4.78, 5) is 29.9. The van der Waals surface area contributed by atoms with Crippen molar-refractivity contribution in [2.24, 2.45) is 0 Å². The predicted molar refractivity (Wildman–Crippen MR) is 221 cm³/mol. The third-order valence-corrected chi connectivity index (χ3v) is 7.51. The standard InChI is InChI=1S/C16H14O.C8H7NO.C8H7N.2C7H7NO2/c1-13-2-4-14(5-3-13)6-7-15-8-10-16(12-17)11-9-15;1-10-8-4-2-7(6-9)3-5-8;1-7-2-4-8(6-9)5-3-7;2*1-6-2-4-7(5-3-6)8(9)10/h2-12H,1H3;2-5H,1H3;2-5H,1H3;2*2-5H,1H3/b7-6+;;;;. The fourth-order valence-corrected chi connectivity index (χ4v) is 4.18. The van der Waals surface area contributed by atoms with Crippen molar-refractivity contribution in [2.45, 2.75) is 27.7 Å². The van der Waals surface area contributed by atoms with Gasteiger partial charge in [0.15, 0.2) is 0 Å².